The van der Waals surface area contributed by atoms with E-state index in [2.05, 4.69) is 10.2 Å². The van der Waals surface area contributed by atoms with Crippen molar-refractivity contribution < 1.29 is 15.1 Å². The SMILES string of the molecule is CC(C)(C)c1cc(CCCO)cc(N=Nc2ccc(Cl)cc2[N+](=O)[O-])c1O. The molecule has 0 aromatic heterocycles. The monoisotopic (exact) mass is 391 g/mol. The first-order valence-corrected chi connectivity index (χ1v) is 8.84. The molecule has 2 aromatic carbocycles. The van der Waals surface area contributed by atoms with Crippen LogP contribution in [0.4, 0.5) is 17.1 Å². The van der Waals surface area contributed by atoms with E-state index in [0.717, 1.165) is 5.56 Å². The van der Waals surface area contributed by atoms with Gasteiger partial charge in [-0.1, -0.05) is 38.4 Å². The molecule has 2 rings (SSSR count). The number of hydrogen-bond acceptors (Lipinski definition) is 6. The van der Waals surface area contributed by atoms with Crippen LogP contribution in [0.25, 0.3) is 0 Å². The first-order chi connectivity index (χ1) is 12.6. The summed E-state index contributed by atoms with van der Waals surface area (Å²) in [6, 6.07) is 7.65. The zero-order valence-electron chi connectivity index (χ0n) is 15.4. The van der Waals surface area contributed by atoms with Gasteiger partial charge in [-0.15, -0.1) is 10.2 Å². The summed E-state index contributed by atoms with van der Waals surface area (Å²) in [5.41, 5.74) is 1.25. The number of hydrogen-bond donors (Lipinski definition) is 2. The van der Waals surface area contributed by atoms with E-state index in [0.29, 0.717) is 18.4 Å². The zero-order chi connectivity index (χ0) is 20.2. The molecule has 2 N–H and O–H groups in total. The molecule has 0 spiro atoms. The molecule has 2 aromatic rings. The minimum atomic E-state index is -0.585. The number of aliphatic hydroxyl groups is 1. The predicted molar refractivity (Wildman–Crippen MR) is 104 cm³/mol. The van der Waals surface area contributed by atoms with Gasteiger partial charge in [-0.05, 0) is 42.0 Å². The summed E-state index contributed by atoms with van der Waals surface area (Å²) in [5.74, 6) is -0.0179. The fourth-order valence-corrected chi connectivity index (χ4v) is 2.75. The molecule has 7 nitrogen and oxygen atoms in total. The lowest BCUT2D eigenvalue weighted by Crippen LogP contribution is -2.12. The second kappa shape index (κ2) is 8.45. The number of halogens is 1. The number of nitrogens with zero attached hydrogens (tertiary/aromatic N) is 3. The Labute approximate surface area is 162 Å². The van der Waals surface area contributed by atoms with Crippen molar-refractivity contribution in [3.05, 3.63) is 56.6 Å². The lowest BCUT2D eigenvalue weighted by atomic mass is 9.84. The van der Waals surface area contributed by atoms with Crippen LogP contribution in [0, 0.1) is 10.1 Å². The highest BCUT2D eigenvalue weighted by Crippen LogP contribution is 2.40. The van der Waals surface area contributed by atoms with Crippen LogP contribution < -0.4 is 0 Å². The van der Waals surface area contributed by atoms with Gasteiger partial charge < -0.3 is 10.2 Å². The van der Waals surface area contributed by atoms with Gasteiger partial charge in [-0.3, -0.25) is 10.1 Å². The minimum absolute atomic E-state index is 0.0179. The van der Waals surface area contributed by atoms with Crippen molar-refractivity contribution >= 4 is 28.7 Å². The van der Waals surface area contributed by atoms with Crippen LogP contribution in [0.15, 0.2) is 40.6 Å². The molecule has 0 fully saturated rings. The molecule has 0 aliphatic carbocycles. The molecule has 27 heavy (non-hydrogen) atoms. The fraction of sp³-hybridized carbons (Fsp3) is 0.368. The molecule has 0 saturated carbocycles. The Bertz CT molecular complexity index is 876. The summed E-state index contributed by atoms with van der Waals surface area (Å²) >= 11 is 5.81. The second-order valence-corrected chi connectivity index (χ2v) is 7.61. The van der Waals surface area contributed by atoms with Crippen molar-refractivity contribution in [2.24, 2.45) is 10.2 Å². The van der Waals surface area contributed by atoms with E-state index in [4.69, 9.17) is 16.7 Å². The van der Waals surface area contributed by atoms with Crippen LogP contribution in [-0.2, 0) is 11.8 Å². The molecule has 0 atom stereocenters. The van der Waals surface area contributed by atoms with Gasteiger partial charge in [-0.25, -0.2) is 0 Å². The topological polar surface area (TPSA) is 108 Å². The first-order valence-electron chi connectivity index (χ1n) is 8.46. The van der Waals surface area contributed by atoms with Crippen molar-refractivity contribution in [1.29, 1.82) is 0 Å². The molecule has 0 unspecified atom stereocenters. The van der Waals surface area contributed by atoms with Gasteiger partial charge in [0.25, 0.3) is 5.69 Å². The Morgan fingerprint density at radius 1 is 1.15 bits per heavy atom. The van der Waals surface area contributed by atoms with E-state index >= 15 is 0 Å². The summed E-state index contributed by atoms with van der Waals surface area (Å²) in [6.45, 7) is 5.94. The number of nitro groups is 1. The largest absolute Gasteiger partial charge is 0.505 e. The van der Waals surface area contributed by atoms with Crippen LogP contribution in [-0.4, -0.2) is 21.7 Å². The fourth-order valence-electron chi connectivity index (χ4n) is 2.59. The number of phenols is 1. The highest BCUT2D eigenvalue weighted by molar-refractivity contribution is 6.30. The molecule has 0 saturated heterocycles. The van der Waals surface area contributed by atoms with Gasteiger partial charge in [0.15, 0.2) is 5.69 Å². The second-order valence-electron chi connectivity index (χ2n) is 7.18. The molecule has 144 valence electrons. The summed E-state index contributed by atoms with van der Waals surface area (Å²) in [7, 11) is 0. The van der Waals surface area contributed by atoms with E-state index in [9.17, 15) is 15.2 Å². The summed E-state index contributed by atoms with van der Waals surface area (Å²) in [6.07, 6.45) is 1.19. The van der Waals surface area contributed by atoms with E-state index in [1.54, 1.807) is 6.07 Å². The van der Waals surface area contributed by atoms with Gasteiger partial charge in [-0.2, -0.15) is 0 Å². The lowest BCUT2D eigenvalue weighted by Gasteiger charge is -2.22. The van der Waals surface area contributed by atoms with Crippen molar-refractivity contribution in [1.82, 2.24) is 0 Å². The molecular formula is C19H22ClN3O4. The molecule has 0 amide bonds. The Kier molecular flexibility index (Phi) is 6.51. The first kappa shape index (κ1) is 20.8. The number of aromatic hydroxyl groups is 1. The third-order valence-electron chi connectivity index (χ3n) is 3.98. The normalized spacial score (nSPS) is 11.9. The maximum Gasteiger partial charge on any atom is 0.298 e. The molecule has 8 heteroatoms. The van der Waals surface area contributed by atoms with Crippen molar-refractivity contribution in [2.75, 3.05) is 6.61 Å². The third-order valence-corrected chi connectivity index (χ3v) is 4.22. The highest BCUT2D eigenvalue weighted by Gasteiger charge is 2.22. The average Bonchev–Trinajstić information content (AvgIpc) is 2.59. The Balaban J connectivity index is 2.52. The summed E-state index contributed by atoms with van der Waals surface area (Å²) in [4.78, 5) is 10.6. The van der Waals surface area contributed by atoms with Crippen LogP contribution in [0.1, 0.15) is 38.3 Å². The van der Waals surface area contributed by atoms with Gasteiger partial charge in [0.05, 0.1) is 4.92 Å². The van der Waals surface area contributed by atoms with Gasteiger partial charge >= 0.3 is 0 Å². The summed E-state index contributed by atoms with van der Waals surface area (Å²) < 4.78 is 0. The maximum atomic E-state index is 11.2. The van der Waals surface area contributed by atoms with Gasteiger partial charge in [0.1, 0.15) is 11.4 Å². The van der Waals surface area contributed by atoms with Crippen LogP contribution in [0.2, 0.25) is 5.02 Å². The number of phenolic OH excluding ortho intramolecular Hbond substituents is 1. The van der Waals surface area contributed by atoms with E-state index in [-0.39, 0.29) is 39.9 Å². The van der Waals surface area contributed by atoms with Crippen molar-refractivity contribution in [3.8, 4) is 5.75 Å². The van der Waals surface area contributed by atoms with Crippen LogP contribution in [0.3, 0.4) is 0 Å². The quantitative estimate of drug-likeness (QED) is 0.380. The molecule has 0 aliphatic rings. The third kappa shape index (κ3) is 5.24. The number of rotatable bonds is 6. The number of aryl methyl sites for hydroxylation is 1. The minimum Gasteiger partial charge on any atom is -0.505 e. The number of benzene rings is 2. The van der Waals surface area contributed by atoms with Crippen molar-refractivity contribution in [2.45, 2.75) is 39.0 Å². The van der Waals surface area contributed by atoms with E-state index in [1.165, 1.54) is 18.2 Å². The smallest absolute Gasteiger partial charge is 0.298 e. The number of azo groups is 1. The average molecular weight is 392 g/mol. The maximum absolute atomic E-state index is 11.2. The molecule has 0 heterocycles. The zero-order valence-corrected chi connectivity index (χ0v) is 16.2. The lowest BCUT2D eigenvalue weighted by molar-refractivity contribution is -0.384. The Morgan fingerprint density at radius 3 is 2.41 bits per heavy atom. The van der Waals surface area contributed by atoms with Crippen LogP contribution >= 0.6 is 11.6 Å². The molecule has 0 aliphatic heterocycles. The van der Waals surface area contributed by atoms with E-state index < -0.39 is 4.92 Å². The highest BCUT2D eigenvalue weighted by atomic mass is 35.5. The number of nitro benzene ring substituents is 1. The van der Waals surface area contributed by atoms with Crippen LogP contribution in [0.5, 0.6) is 5.75 Å². The molecule has 0 radical (unpaired) electrons. The standard InChI is InChI=1S/C19H22ClN3O4/c1-19(2,3)14-9-12(5-4-8-24)10-16(18(14)25)22-21-15-7-6-13(20)11-17(15)23(26)27/h6-7,9-11,24-25H,4-5,8H2,1-3H3. The summed E-state index contributed by atoms with van der Waals surface area (Å²) in [5, 5.41) is 39.1. The van der Waals surface area contributed by atoms with Gasteiger partial charge in [0, 0.05) is 23.3 Å². The Morgan fingerprint density at radius 2 is 1.81 bits per heavy atom. The number of aliphatic hydroxyl groups excluding tert-OH is 1. The van der Waals surface area contributed by atoms with E-state index in [1.807, 2.05) is 26.8 Å². The predicted octanol–water partition coefficient (Wildman–Crippen LogP) is 5.59. The van der Waals surface area contributed by atoms with Crippen molar-refractivity contribution in [3.63, 3.8) is 0 Å². The molecule has 0 bridgehead atoms. The van der Waals surface area contributed by atoms with Gasteiger partial charge in [0.2, 0.25) is 0 Å². The Hall–Kier alpha value is -2.51. The molecular weight excluding hydrogens is 370 g/mol.